The van der Waals surface area contributed by atoms with Crippen LogP contribution in [0.4, 0.5) is 5.69 Å². The van der Waals surface area contributed by atoms with Crippen LogP contribution in [0.15, 0.2) is 71.6 Å². The van der Waals surface area contributed by atoms with Crippen molar-refractivity contribution in [3.8, 4) is 0 Å². The highest BCUT2D eigenvalue weighted by molar-refractivity contribution is 7.89. The largest absolute Gasteiger partial charge is 0.311 e. The minimum atomic E-state index is -3.54. The summed E-state index contributed by atoms with van der Waals surface area (Å²) in [6, 6.07) is 20.2. The molecule has 5 nitrogen and oxygen atoms in total. The molecule has 0 spiro atoms. The molecule has 0 saturated carbocycles. The fraction of sp³-hybridized carbons (Fsp3) is 0.292. The van der Waals surface area contributed by atoms with Crippen LogP contribution in [-0.2, 0) is 10.0 Å². The van der Waals surface area contributed by atoms with Crippen LogP contribution in [0.5, 0.6) is 0 Å². The van der Waals surface area contributed by atoms with Crippen LogP contribution in [-0.4, -0.2) is 38.3 Å². The Balaban J connectivity index is 1.56. The molecule has 1 heterocycles. The van der Waals surface area contributed by atoms with Crippen molar-refractivity contribution in [3.63, 3.8) is 0 Å². The molecule has 0 N–H and O–H groups in total. The average molecular weight is 423 g/mol. The molecule has 0 radical (unpaired) electrons. The molecule has 4 rings (SSSR count). The van der Waals surface area contributed by atoms with Gasteiger partial charge in [0.05, 0.1) is 4.90 Å². The number of fused-ring (bicyclic) bond motifs is 1. The van der Waals surface area contributed by atoms with Crippen molar-refractivity contribution >= 4 is 32.4 Å². The highest BCUT2D eigenvalue weighted by Gasteiger charge is 2.31. The van der Waals surface area contributed by atoms with Crippen molar-refractivity contribution in [2.75, 3.05) is 18.5 Å². The number of amides is 1. The van der Waals surface area contributed by atoms with Gasteiger partial charge in [-0.05, 0) is 66.9 Å². The Hall–Kier alpha value is -2.70. The molecule has 1 amide bonds. The lowest BCUT2D eigenvalue weighted by Gasteiger charge is -2.32. The summed E-state index contributed by atoms with van der Waals surface area (Å²) >= 11 is 0. The molecule has 6 heteroatoms. The highest BCUT2D eigenvalue weighted by Crippen LogP contribution is 2.26. The maximum Gasteiger partial charge on any atom is 0.258 e. The summed E-state index contributed by atoms with van der Waals surface area (Å²) in [5.41, 5.74) is 1.24. The summed E-state index contributed by atoms with van der Waals surface area (Å²) in [4.78, 5) is 14.8. The number of piperidine rings is 1. The fourth-order valence-corrected chi connectivity index (χ4v) is 5.73. The zero-order chi connectivity index (χ0) is 21.3. The van der Waals surface area contributed by atoms with Crippen LogP contribution in [0.25, 0.3) is 10.8 Å². The Morgan fingerprint density at radius 3 is 2.37 bits per heavy atom. The van der Waals surface area contributed by atoms with E-state index in [1.54, 1.807) is 28.4 Å². The van der Waals surface area contributed by atoms with Gasteiger partial charge in [0, 0.05) is 30.9 Å². The van der Waals surface area contributed by atoms with E-state index in [1.165, 1.54) is 12.1 Å². The van der Waals surface area contributed by atoms with Gasteiger partial charge in [-0.3, -0.25) is 4.79 Å². The number of hydrogen-bond donors (Lipinski definition) is 0. The van der Waals surface area contributed by atoms with Crippen molar-refractivity contribution in [2.24, 2.45) is 0 Å². The number of nitrogens with zero attached hydrogens (tertiary/aromatic N) is 2. The summed E-state index contributed by atoms with van der Waals surface area (Å²) in [6.45, 7) is 2.50. The lowest BCUT2D eigenvalue weighted by molar-refractivity contribution is 0.0993. The van der Waals surface area contributed by atoms with Crippen molar-refractivity contribution < 1.29 is 13.2 Å². The molecule has 156 valence electrons. The van der Waals surface area contributed by atoms with Crippen LogP contribution in [0.3, 0.4) is 0 Å². The third-order valence-electron chi connectivity index (χ3n) is 5.87. The number of carbonyl (C=O) groups excluding carboxylic acids is 1. The van der Waals surface area contributed by atoms with E-state index in [-0.39, 0.29) is 16.8 Å². The molecule has 0 aliphatic carbocycles. The van der Waals surface area contributed by atoms with E-state index in [0.717, 1.165) is 35.7 Å². The average Bonchev–Trinajstić information content (AvgIpc) is 2.78. The third kappa shape index (κ3) is 3.85. The van der Waals surface area contributed by atoms with Crippen LogP contribution in [0.1, 0.15) is 36.5 Å². The first-order valence-electron chi connectivity index (χ1n) is 10.3. The number of rotatable bonds is 4. The Morgan fingerprint density at radius 1 is 0.967 bits per heavy atom. The zero-order valence-electron chi connectivity index (χ0n) is 17.3. The van der Waals surface area contributed by atoms with E-state index in [0.29, 0.717) is 12.1 Å². The summed E-state index contributed by atoms with van der Waals surface area (Å²) in [5.74, 6) is -0.180. The van der Waals surface area contributed by atoms with Crippen molar-refractivity contribution in [1.82, 2.24) is 4.31 Å². The highest BCUT2D eigenvalue weighted by atomic mass is 32.2. The van der Waals surface area contributed by atoms with E-state index < -0.39 is 10.0 Å². The second-order valence-electron chi connectivity index (χ2n) is 7.88. The van der Waals surface area contributed by atoms with E-state index in [2.05, 4.69) is 0 Å². The lowest BCUT2D eigenvalue weighted by Crippen LogP contribution is -2.41. The first-order chi connectivity index (χ1) is 14.4. The predicted octanol–water partition coefficient (Wildman–Crippen LogP) is 4.68. The predicted molar refractivity (Wildman–Crippen MR) is 120 cm³/mol. The number of sulfonamides is 1. The quantitative estimate of drug-likeness (QED) is 0.613. The van der Waals surface area contributed by atoms with Crippen molar-refractivity contribution in [2.45, 2.75) is 37.1 Å². The molecule has 3 aromatic carbocycles. The maximum absolute atomic E-state index is 13.0. The first-order valence-corrected chi connectivity index (χ1v) is 11.7. The summed E-state index contributed by atoms with van der Waals surface area (Å²) in [7, 11) is -1.81. The molecule has 1 atom stereocenters. The maximum atomic E-state index is 13.0. The first kappa shape index (κ1) is 20.6. The molecular formula is C24H26N2O3S. The fourth-order valence-electron chi connectivity index (χ4n) is 4.03. The molecule has 0 bridgehead atoms. The van der Waals surface area contributed by atoms with Gasteiger partial charge in [0.1, 0.15) is 0 Å². The third-order valence-corrected chi connectivity index (χ3v) is 7.90. The van der Waals surface area contributed by atoms with Gasteiger partial charge < -0.3 is 4.90 Å². The van der Waals surface area contributed by atoms with E-state index in [9.17, 15) is 13.2 Å². The van der Waals surface area contributed by atoms with Crippen LogP contribution in [0.2, 0.25) is 0 Å². The van der Waals surface area contributed by atoms with Gasteiger partial charge in [0.25, 0.3) is 5.91 Å². The minimum absolute atomic E-state index is 0.00379. The number of carbonyl (C=O) groups is 1. The minimum Gasteiger partial charge on any atom is -0.311 e. The molecule has 1 unspecified atom stereocenters. The van der Waals surface area contributed by atoms with Crippen molar-refractivity contribution in [1.29, 1.82) is 0 Å². The van der Waals surface area contributed by atoms with Gasteiger partial charge in [-0.15, -0.1) is 0 Å². The van der Waals surface area contributed by atoms with Crippen molar-refractivity contribution in [3.05, 3.63) is 72.3 Å². The summed E-state index contributed by atoms with van der Waals surface area (Å²) in [5, 5.41) is 2.18. The van der Waals surface area contributed by atoms with Gasteiger partial charge in [0.15, 0.2) is 0 Å². The van der Waals surface area contributed by atoms with Gasteiger partial charge >= 0.3 is 0 Å². The van der Waals surface area contributed by atoms with Gasteiger partial charge in [-0.2, -0.15) is 4.31 Å². The van der Waals surface area contributed by atoms with E-state index >= 15 is 0 Å². The molecule has 1 aliphatic heterocycles. The van der Waals surface area contributed by atoms with Gasteiger partial charge in [0.2, 0.25) is 10.0 Å². The summed E-state index contributed by atoms with van der Waals surface area (Å²) < 4.78 is 27.6. The Bertz CT molecular complexity index is 1170. The summed E-state index contributed by atoms with van der Waals surface area (Å²) in [6.07, 6.45) is 2.82. The Morgan fingerprint density at radius 2 is 1.67 bits per heavy atom. The van der Waals surface area contributed by atoms with E-state index in [4.69, 9.17) is 0 Å². The monoisotopic (exact) mass is 422 g/mol. The topological polar surface area (TPSA) is 57.7 Å². The van der Waals surface area contributed by atoms with Crippen LogP contribution >= 0.6 is 0 Å². The van der Waals surface area contributed by atoms with Crippen LogP contribution < -0.4 is 4.90 Å². The second-order valence-corrected chi connectivity index (χ2v) is 9.77. The zero-order valence-corrected chi connectivity index (χ0v) is 18.1. The second kappa shape index (κ2) is 8.20. The Labute approximate surface area is 178 Å². The molecule has 0 aromatic heterocycles. The molecule has 1 aliphatic rings. The van der Waals surface area contributed by atoms with Crippen LogP contribution in [0, 0.1) is 0 Å². The Kier molecular flexibility index (Phi) is 5.62. The lowest BCUT2D eigenvalue weighted by atomic mass is 10.1. The number of hydrogen-bond acceptors (Lipinski definition) is 3. The standard InChI is InChI=1S/C24H26N2O3S/c1-18-7-5-6-16-26(18)30(28,29)23-14-11-20(12-15-23)24(27)25(2)22-13-10-19-8-3-4-9-21(19)17-22/h3-4,8-15,17-18H,5-7,16H2,1-2H3. The number of anilines is 1. The molecule has 1 fully saturated rings. The smallest absolute Gasteiger partial charge is 0.258 e. The number of benzene rings is 3. The molecule has 1 saturated heterocycles. The SMILES string of the molecule is CC1CCCCN1S(=O)(=O)c1ccc(C(=O)N(C)c2ccc3ccccc3c2)cc1. The normalized spacial score (nSPS) is 17.7. The van der Waals surface area contributed by atoms with Gasteiger partial charge in [-0.1, -0.05) is 36.8 Å². The van der Waals surface area contributed by atoms with Gasteiger partial charge in [-0.25, -0.2) is 8.42 Å². The molecule has 3 aromatic rings. The molecular weight excluding hydrogens is 396 g/mol. The van der Waals surface area contributed by atoms with E-state index in [1.807, 2.05) is 49.4 Å². The molecule has 30 heavy (non-hydrogen) atoms.